The van der Waals surface area contributed by atoms with Crippen LogP contribution in [0.25, 0.3) is 0 Å². The number of nitrogens with zero attached hydrogens (tertiary/aromatic N) is 2. The van der Waals surface area contributed by atoms with Crippen LogP contribution in [0.2, 0.25) is 0 Å². The average Bonchev–Trinajstić information content (AvgIpc) is 3.31. The molecule has 1 saturated heterocycles. The Morgan fingerprint density at radius 2 is 2.25 bits per heavy atom. The summed E-state index contributed by atoms with van der Waals surface area (Å²) in [6, 6.07) is 2.87. The molecule has 1 aromatic heterocycles. The number of ether oxygens (including phenoxy) is 1. The van der Waals surface area contributed by atoms with Gasteiger partial charge in [0.05, 0.1) is 18.0 Å². The van der Waals surface area contributed by atoms with Gasteiger partial charge in [0.15, 0.2) is 0 Å². The van der Waals surface area contributed by atoms with Crippen molar-refractivity contribution in [2.75, 3.05) is 25.1 Å². The molecule has 0 spiro atoms. The lowest BCUT2D eigenvalue weighted by molar-refractivity contribution is 0.0216. The van der Waals surface area contributed by atoms with Crippen LogP contribution in [0.3, 0.4) is 0 Å². The first kappa shape index (κ1) is 13.8. The van der Waals surface area contributed by atoms with Gasteiger partial charge in [-0.05, 0) is 43.7 Å². The van der Waals surface area contributed by atoms with Gasteiger partial charge in [-0.3, -0.25) is 4.98 Å². The highest BCUT2D eigenvalue weighted by Crippen LogP contribution is 2.23. The topological polar surface area (TPSA) is 37.4 Å². The predicted octanol–water partition coefficient (Wildman–Crippen LogP) is 2.34. The Labute approximate surface area is 121 Å². The van der Waals surface area contributed by atoms with Gasteiger partial charge >= 0.3 is 0 Å². The van der Waals surface area contributed by atoms with E-state index in [1.54, 1.807) is 0 Å². The third-order valence-electron chi connectivity index (χ3n) is 4.21. The third-order valence-corrected chi connectivity index (χ3v) is 4.21. The van der Waals surface area contributed by atoms with Gasteiger partial charge in [0.2, 0.25) is 0 Å². The van der Waals surface area contributed by atoms with Crippen molar-refractivity contribution < 1.29 is 4.74 Å². The van der Waals surface area contributed by atoms with E-state index in [1.165, 1.54) is 43.4 Å². The molecule has 1 aromatic rings. The molecule has 20 heavy (non-hydrogen) atoms. The van der Waals surface area contributed by atoms with Crippen LogP contribution in [-0.4, -0.2) is 37.3 Å². The molecule has 4 heteroatoms. The van der Waals surface area contributed by atoms with Gasteiger partial charge in [-0.25, -0.2) is 0 Å². The molecule has 1 saturated carbocycles. The smallest absolute Gasteiger partial charge is 0.0749 e. The van der Waals surface area contributed by atoms with E-state index in [4.69, 9.17) is 4.74 Å². The summed E-state index contributed by atoms with van der Waals surface area (Å²) < 4.78 is 5.84. The summed E-state index contributed by atoms with van der Waals surface area (Å²) in [5.41, 5.74) is 2.57. The van der Waals surface area contributed by atoms with Crippen LogP contribution in [0.4, 0.5) is 5.69 Å². The standard InChI is InChI=1S/C16H25N3O/c1-19(12-15-4-2-3-9-20-15)16-11-17-8-7-13(16)10-18-14-5-6-14/h7-8,11,14-15,18H,2-6,9-10,12H2,1H3. The van der Waals surface area contributed by atoms with Gasteiger partial charge in [0, 0.05) is 39.0 Å². The zero-order valence-corrected chi connectivity index (χ0v) is 12.3. The minimum Gasteiger partial charge on any atom is -0.376 e. The second-order valence-corrected chi connectivity index (χ2v) is 6.03. The molecule has 2 heterocycles. The molecule has 1 aliphatic heterocycles. The molecular weight excluding hydrogens is 250 g/mol. The van der Waals surface area contributed by atoms with Crippen molar-refractivity contribution in [1.29, 1.82) is 0 Å². The Hall–Kier alpha value is -1.13. The van der Waals surface area contributed by atoms with Crippen molar-refractivity contribution in [3.63, 3.8) is 0 Å². The van der Waals surface area contributed by atoms with Crippen molar-refractivity contribution in [3.8, 4) is 0 Å². The maximum atomic E-state index is 5.84. The van der Waals surface area contributed by atoms with Crippen LogP contribution in [0.5, 0.6) is 0 Å². The van der Waals surface area contributed by atoms with E-state index < -0.39 is 0 Å². The first-order valence-electron chi connectivity index (χ1n) is 7.82. The molecule has 0 amide bonds. The summed E-state index contributed by atoms with van der Waals surface area (Å²) in [6.45, 7) is 2.82. The Kier molecular flexibility index (Phi) is 4.53. The number of hydrogen-bond donors (Lipinski definition) is 1. The molecule has 0 radical (unpaired) electrons. The van der Waals surface area contributed by atoms with Gasteiger partial charge in [-0.1, -0.05) is 0 Å². The highest BCUT2D eigenvalue weighted by Gasteiger charge is 2.21. The van der Waals surface area contributed by atoms with E-state index >= 15 is 0 Å². The monoisotopic (exact) mass is 275 g/mol. The van der Waals surface area contributed by atoms with Crippen LogP contribution >= 0.6 is 0 Å². The van der Waals surface area contributed by atoms with E-state index in [2.05, 4.69) is 28.3 Å². The first-order valence-corrected chi connectivity index (χ1v) is 7.82. The largest absolute Gasteiger partial charge is 0.376 e. The van der Waals surface area contributed by atoms with Gasteiger partial charge in [0.25, 0.3) is 0 Å². The van der Waals surface area contributed by atoms with Gasteiger partial charge in [-0.15, -0.1) is 0 Å². The number of pyridine rings is 1. The van der Waals surface area contributed by atoms with E-state index in [-0.39, 0.29) is 0 Å². The van der Waals surface area contributed by atoms with Crippen LogP contribution < -0.4 is 10.2 Å². The molecule has 0 aromatic carbocycles. The molecule has 0 bridgehead atoms. The number of likely N-dealkylation sites (N-methyl/N-ethyl adjacent to an activating group) is 1. The Morgan fingerprint density at radius 1 is 1.35 bits per heavy atom. The zero-order valence-electron chi connectivity index (χ0n) is 12.3. The van der Waals surface area contributed by atoms with Crippen LogP contribution in [0.15, 0.2) is 18.5 Å². The lowest BCUT2D eigenvalue weighted by atomic mass is 10.1. The third kappa shape index (κ3) is 3.70. The predicted molar refractivity (Wildman–Crippen MR) is 81.0 cm³/mol. The second kappa shape index (κ2) is 6.55. The molecule has 2 aliphatic rings. The molecule has 4 nitrogen and oxygen atoms in total. The zero-order chi connectivity index (χ0) is 13.8. The van der Waals surface area contributed by atoms with Crippen molar-refractivity contribution in [3.05, 3.63) is 24.0 Å². The summed E-state index contributed by atoms with van der Waals surface area (Å²) in [5.74, 6) is 0. The summed E-state index contributed by atoms with van der Waals surface area (Å²) >= 11 is 0. The van der Waals surface area contributed by atoms with Crippen molar-refractivity contribution in [1.82, 2.24) is 10.3 Å². The number of anilines is 1. The molecular formula is C16H25N3O. The second-order valence-electron chi connectivity index (χ2n) is 6.03. The number of nitrogens with one attached hydrogen (secondary N) is 1. The Balaban J connectivity index is 1.61. The normalized spacial score (nSPS) is 22.8. The summed E-state index contributed by atoms with van der Waals surface area (Å²) in [6.07, 6.45) is 10.6. The maximum Gasteiger partial charge on any atom is 0.0749 e. The van der Waals surface area contributed by atoms with Crippen LogP contribution in [0, 0.1) is 0 Å². The minimum atomic E-state index is 0.373. The molecule has 1 atom stereocenters. The number of rotatable bonds is 6. The fourth-order valence-electron chi connectivity index (χ4n) is 2.81. The van der Waals surface area contributed by atoms with E-state index in [9.17, 15) is 0 Å². The summed E-state index contributed by atoms with van der Waals surface area (Å²) in [5, 5.41) is 3.59. The van der Waals surface area contributed by atoms with Gasteiger partial charge in [0.1, 0.15) is 0 Å². The molecule has 1 unspecified atom stereocenters. The van der Waals surface area contributed by atoms with E-state index in [0.717, 1.165) is 25.7 Å². The van der Waals surface area contributed by atoms with Crippen LogP contribution in [0.1, 0.15) is 37.7 Å². The van der Waals surface area contributed by atoms with Crippen LogP contribution in [-0.2, 0) is 11.3 Å². The summed E-state index contributed by atoms with van der Waals surface area (Å²) in [7, 11) is 2.15. The number of hydrogen-bond acceptors (Lipinski definition) is 4. The number of aromatic nitrogens is 1. The Bertz CT molecular complexity index is 427. The lowest BCUT2D eigenvalue weighted by Gasteiger charge is -2.29. The molecule has 1 N–H and O–H groups in total. The van der Waals surface area contributed by atoms with Gasteiger partial charge < -0.3 is 15.0 Å². The molecule has 3 rings (SSSR count). The molecule has 110 valence electrons. The molecule has 2 fully saturated rings. The average molecular weight is 275 g/mol. The van der Waals surface area contributed by atoms with Crippen molar-refractivity contribution in [2.24, 2.45) is 0 Å². The SMILES string of the molecule is CN(CC1CCCCO1)c1cnccc1CNC1CC1. The fraction of sp³-hybridized carbons (Fsp3) is 0.688. The maximum absolute atomic E-state index is 5.84. The lowest BCUT2D eigenvalue weighted by Crippen LogP contribution is -2.34. The van der Waals surface area contributed by atoms with Crippen molar-refractivity contribution in [2.45, 2.75) is 50.8 Å². The highest BCUT2D eigenvalue weighted by molar-refractivity contribution is 5.51. The van der Waals surface area contributed by atoms with E-state index in [0.29, 0.717) is 6.10 Å². The van der Waals surface area contributed by atoms with E-state index in [1.807, 2.05) is 12.4 Å². The quantitative estimate of drug-likeness (QED) is 0.864. The van der Waals surface area contributed by atoms with Crippen molar-refractivity contribution >= 4 is 5.69 Å². The van der Waals surface area contributed by atoms with Gasteiger partial charge in [-0.2, -0.15) is 0 Å². The summed E-state index contributed by atoms with van der Waals surface area (Å²) in [4.78, 5) is 6.59. The fourth-order valence-corrected chi connectivity index (χ4v) is 2.81. The molecule has 1 aliphatic carbocycles. The first-order chi connectivity index (χ1) is 9.83. The Morgan fingerprint density at radius 3 is 3.00 bits per heavy atom. The minimum absolute atomic E-state index is 0.373. The highest BCUT2D eigenvalue weighted by atomic mass is 16.5.